The number of anilines is 1. The van der Waals surface area contributed by atoms with E-state index >= 15 is 0 Å². The Bertz CT molecular complexity index is 449. The van der Waals surface area contributed by atoms with Gasteiger partial charge in [0.05, 0.1) is 0 Å². The average Bonchev–Trinajstić information content (AvgIpc) is 2.86. The first-order chi connectivity index (χ1) is 9.90. The summed E-state index contributed by atoms with van der Waals surface area (Å²) < 4.78 is 0. The molecule has 1 saturated heterocycles. The quantitative estimate of drug-likeness (QED) is 0.605. The second-order valence-corrected chi connectivity index (χ2v) is 6.68. The Kier molecular flexibility index (Phi) is 4.92. The summed E-state index contributed by atoms with van der Waals surface area (Å²) in [6, 6.07) is 0.597. The predicted molar refractivity (Wildman–Crippen MR) is 86.7 cm³/mol. The molecule has 0 saturated carbocycles. The number of alkyl halides is 1. The second kappa shape index (κ2) is 6.88. The zero-order valence-electron chi connectivity index (χ0n) is 12.2. The van der Waals surface area contributed by atoms with Crippen LogP contribution in [-0.4, -0.2) is 27.9 Å². The smallest absolute Gasteiger partial charge is 0.135 e. The third kappa shape index (κ3) is 3.00. The van der Waals surface area contributed by atoms with Gasteiger partial charge in [0, 0.05) is 29.2 Å². The van der Waals surface area contributed by atoms with Crippen molar-refractivity contribution in [1.29, 1.82) is 0 Å². The summed E-state index contributed by atoms with van der Waals surface area (Å²) in [5, 5.41) is 1.05. The lowest BCUT2D eigenvalue weighted by Crippen LogP contribution is -2.37. The monoisotopic (exact) mass is 337 g/mol. The number of nitrogens with zero attached hydrogens (tertiary/aromatic N) is 3. The Labute approximate surface area is 130 Å². The molecule has 0 N–H and O–H groups in total. The molecule has 1 aliphatic carbocycles. The third-order valence-electron chi connectivity index (χ3n) is 4.68. The SMILES string of the molecule is BrCC1CCCCCN1c1ncnc2c1CCCCC2. The Balaban J connectivity index is 1.95. The maximum absolute atomic E-state index is 4.69. The lowest BCUT2D eigenvalue weighted by Gasteiger charge is -2.31. The van der Waals surface area contributed by atoms with Crippen molar-refractivity contribution in [3.05, 3.63) is 17.6 Å². The first kappa shape index (κ1) is 14.3. The molecule has 0 amide bonds. The van der Waals surface area contributed by atoms with Gasteiger partial charge in [-0.1, -0.05) is 35.2 Å². The first-order valence-corrected chi connectivity index (χ1v) is 9.17. The van der Waals surface area contributed by atoms with E-state index in [1.54, 1.807) is 6.33 Å². The Morgan fingerprint density at radius 2 is 1.90 bits per heavy atom. The number of halogens is 1. The van der Waals surface area contributed by atoms with Gasteiger partial charge in [0.2, 0.25) is 0 Å². The van der Waals surface area contributed by atoms with E-state index in [0.717, 1.165) is 24.7 Å². The Hall–Kier alpha value is -0.640. The normalized spacial score (nSPS) is 23.9. The highest BCUT2D eigenvalue weighted by molar-refractivity contribution is 9.09. The van der Waals surface area contributed by atoms with E-state index in [-0.39, 0.29) is 0 Å². The summed E-state index contributed by atoms with van der Waals surface area (Å²) in [6.45, 7) is 1.15. The van der Waals surface area contributed by atoms with E-state index in [2.05, 4.69) is 25.8 Å². The molecule has 3 rings (SSSR count). The van der Waals surface area contributed by atoms with Gasteiger partial charge in [0.1, 0.15) is 12.1 Å². The Morgan fingerprint density at radius 3 is 2.80 bits per heavy atom. The van der Waals surface area contributed by atoms with Gasteiger partial charge in [-0.05, 0) is 38.5 Å². The summed E-state index contributed by atoms with van der Waals surface area (Å²) in [5.41, 5.74) is 2.75. The fourth-order valence-electron chi connectivity index (χ4n) is 3.54. The van der Waals surface area contributed by atoms with Crippen molar-refractivity contribution in [2.24, 2.45) is 0 Å². The largest absolute Gasteiger partial charge is 0.352 e. The minimum Gasteiger partial charge on any atom is -0.352 e. The number of hydrogen-bond donors (Lipinski definition) is 0. The fraction of sp³-hybridized carbons (Fsp3) is 0.750. The summed E-state index contributed by atoms with van der Waals surface area (Å²) in [7, 11) is 0. The molecule has 0 radical (unpaired) electrons. The number of rotatable bonds is 2. The van der Waals surface area contributed by atoms with Gasteiger partial charge in [-0.2, -0.15) is 0 Å². The minimum atomic E-state index is 0.597. The van der Waals surface area contributed by atoms with E-state index in [4.69, 9.17) is 4.98 Å². The molecule has 2 heterocycles. The van der Waals surface area contributed by atoms with E-state index in [1.165, 1.54) is 62.0 Å². The van der Waals surface area contributed by atoms with Gasteiger partial charge in [-0.15, -0.1) is 0 Å². The molecule has 3 nitrogen and oxygen atoms in total. The van der Waals surface area contributed by atoms with Crippen molar-refractivity contribution in [3.8, 4) is 0 Å². The first-order valence-electron chi connectivity index (χ1n) is 8.05. The molecular weight excluding hydrogens is 314 g/mol. The van der Waals surface area contributed by atoms with Gasteiger partial charge in [-0.25, -0.2) is 9.97 Å². The molecule has 1 aromatic heterocycles. The zero-order chi connectivity index (χ0) is 13.8. The molecule has 0 bridgehead atoms. The maximum Gasteiger partial charge on any atom is 0.135 e. The molecule has 1 fully saturated rings. The summed E-state index contributed by atoms with van der Waals surface area (Å²) in [4.78, 5) is 11.8. The molecule has 20 heavy (non-hydrogen) atoms. The van der Waals surface area contributed by atoms with Crippen LogP contribution in [0.25, 0.3) is 0 Å². The summed E-state index contributed by atoms with van der Waals surface area (Å²) in [6.07, 6.45) is 13.3. The lowest BCUT2D eigenvalue weighted by molar-refractivity contribution is 0.617. The van der Waals surface area contributed by atoms with E-state index < -0.39 is 0 Å². The second-order valence-electron chi connectivity index (χ2n) is 6.03. The lowest BCUT2D eigenvalue weighted by atomic mass is 10.1. The number of aromatic nitrogens is 2. The van der Waals surface area contributed by atoms with Gasteiger partial charge >= 0.3 is 0 Å². The molecule has 1 aromatic rings. The molecule has 4 heteroatoms. The number of hydrogen-bond acceptors (Lipinski definition) is 3. The highest BCUT2D eigenvalue weighted by atomic mass is 79.9. The minimum absolute atomic E-state index is 0.597. The van der Waals surface area contributed by atoms with Crippen molar-refractivity contribution in [1.82, 2.24) is 9.97 Å². The molecule has 2 aliphatic rings. The van der Waals surface area contributed by atoms with Crippen LogP contribution in [0.15, 0.2) is 6.33 Å². The van der Waals surface area contributed by atoms with E-state index in [0.29, 0.717) is 6.04 Å². The van der Waals surface area contributed by atoms with Crippen molar-refractivity contribution in [2.45, 2.75) is 63.8 Å². The number of fused-ring (bicyclic) bond motifs is 1. The topological polar surface area (TPSA) is 29.0 Å². The molecule has 0 aromatic carbocycles. The van der Waals surface area contributed by atoms with Crippen LogP contribution in [0.1, 0.15) is 56.2 Å². The predicted octanol–water partition coefficient (Wildman–Crippen LogP) is 3.89. The van der Waals surface area contributed by atoms with Gasteiger partial charge in [0.15, 0.2) is 0 Å². The van der Waals surface area contributed by atoms with Crippen molar-refractivity contribution in [3.63, 3.8) is 0 Å². The van der Waals surface area contributed by atoms with Gasteiger partial charge < -0.3 is 4.90 Å². The molecule has 1 atom stereocenters. The summed E-state index contributed by atoms with van der Waals surface area (Å²) in [5.74, 6) is 1.24. The summed E-state index contributed by atoms with van der Waals surface area (Å²) >= 11 is 3.71. The van der Waals surface area contributed by atoms with Crippen molar-refractivity contribution in [2.75, 3.05) is 16.8 Å². The molecule has 1 unspecified atom stereocenters. The molecule has 0 spiro atoms. The standard InChI is InChI=1S/C16H24BrN3/c17-11-13-7-3-2-6-10-20(13)16-14-8-4-1-5-9-15(14)18-12-19-16/h12-13H,1-11H2. The van der Waals surface area contributed by atoms with Crippen LogP contribution in [0, 0.1) is 0 Å². The van der Waals surface area contributed by atoms with Crippen molar-refractivity contribution < 1.29 is 0 Å². The van der Waals surface area contributed by atoms with Crippen LogP contribution in [0.4, 0.5) is 5.82 Å². The van der Waals surface area contributed by atoms with E-state index in [9.17, 15) is 0 Å². The van der Waals surface area contributed by atoms with Crippen molar-refractivity contribution >= 4 is 21.7 Å². The van der Waals surface area contributed by atoms with Crippen LogP contribution in [0.5, 0.6) is 0 Å². The molecular formula is C16H24BrN3. The van der Waals surface area contributed by atoms with Crippen LogP contribution < -0.4 is 4.90 Å². The highest BCUT2D eigenvalue weighted by Gasteiger charge is 2.25. The van der Waals surface area contributed by atoms with Crippen LogP contribution in [0.2, 0.25) is 0 Å². The molecule has 1 aliphatic heterocycles. The van der Waals surface area contributed by atoms with Gasteiger partial charge in [-0.3, -0.25) is 0 Å². The average molecular weight is 338 g/mol. The maximum atomic E-state index is 4.69. The fourth-order valence-corrected chi connectivity index (χ4v) is 4.22. The Morgan fingerprint density at radius 1 is 1.05 bits per heavy atom. The van der Waals surface area contributed by atoms with Crippen LogP contribution in [-0.2, 0) is 12.8 Å². The van der Waals surface area contributed by atoms with E-state index in [1.807, 2.05) is 0 Å². The van der Waals surface area contributed by atoms with Gasteiger partial charge in [0.25, 0.3) is 0 Å². The highest BCUT2D eigenvalue weighted by Crippen LogP contribution is 2.30. The molecule has 110 valence electrons. The van der Waals surface area contributed by atoms with Crippen LogP contribution in [0.3, 0.4) is 0 Å². The van der Waals surface area contributed by atoms with Crippen LogP contribution >= 0.6 is 15.9 Å². The third-order valence-corrected chi connectivity index (χ3v) is 5.43. The number of aryl methyl sites for hydroxylation is 1. The zero-order valence-corrected chi connectivity index (χ0v) is 13.7.